The van der Waals surface area contributed by atoms with Crippen molar-refractivity contribution in [1.82, 2.24) is 9.62 Å². The number of hydrogen-bond donors (Lipinski definition) is 1. The van der Waals surface area contributed by atoms with Gasteiger partial charge in [-0.1, -0.05) is 24.3 Å². The summed E-state index contributed by atoms with van der Waals surface area (Å²) < 4.78 is 24.7. The highest BCUT2D eigenvalue weighted by Crippen LogP contribution is 2.19. The molecule has 2 rings (SSSR count). The van der Waals surface area contributed by atoms with E-state index in [2.05, 4.69) is 5.32 Å². The SMILES string of the molecule is CN(C)S(=O)(=O)Cc1ccc(CNC2CC2)cc1. The Labute approximate surface area is 109 Å². The minimum Gasteiger partial charge on any atom is -0.310 e. The molecule has 1 aromatic rings. The largest absolute Gasteiger partial charge is 0.310 e. The number of benzene rings is 1. The van der Waals surface area contributed by atoms with Gasteiger partial charge in [0.2, 0.25) is 10.0 Å². The molecule has 1 aliphatic rings. The molecule has 100 valence electrons. The van der Waals surface area contributed by atoms with E-state index in [9.17, 15) is 8.42 Å². The molecule has 1 N–H and O–H groups in total. The highest BCUT2D eigenvalue weighted by atomic mass is 32.2. The monoisotopic (exact) mass is 268 g/mol. The summed E-state index contributed by atoms with van der Waals surface area (Å²) in [6.07, 6.45) is 2.55. The van der Waals surface area contributed by atoms with Crippen LogP contribution in [0.3, 0.4) is 0 Å². The fraction of sp³-hybridized carbons (Fsp3) is 0.538. The Balaban J connectivity index is 1.94. The molecular formula is C13H20N2O2S. The summed E-state index contributed by atoms with van der Waals surface area (Å²) >= 11 is 0. The van der Waals surface area contributed by atoms with Crippen molar-refractivity contribution in [2.75, 3.05) is 14.1 Å². The highest BCUT2D eigenvalue weighted by molar-refractivity contribution is 7.88. The number of nitrogens with one attached hydrogen (secondary N) is 1. The van der Waals surface area contributed by atoms with Gasteiger partial charge in [0.1, 0.15) is 0 Å². The van der Waals surface area contributed by atoms with Crippen molar-refractivity contribution in [1.29, 1.82) is 0 Å². The molecule has 18 heavy (non-hydrogen) atoms. The molecule has 0 spiro atoms. The molecule has 1 aromatic carbocycles. The summed E-state index contributed by atoms with van der Waals surface area (Å²) in [5, 5.41) is 3.43. The van der Waals surface area contributed by atoms with Crippen LogP contribution in [0.15, 0.2) is 24.3 Å². The Morgan fingerprint density at radius 1 is 1.17 bits per heavy atom. The predicted molar refractivity (Wildman–Crippen MR) is 72.6 cm³/mol. The van der Waals surface area contributed by atoms with Crippen LogP contribution in [-0.4, -0.2) is 32.9 Å². The van der Waals surface area contributed by atoms with Gasteiger partial charge in [-0.05, 0) is 24.0 Å². The average molecular weight is 268 g/mol. The number of nitrogens with zero attached hydrogens (tertiary/aromatic N) is 1. The van der Waals surface area contributed by atoms with Crippen molar-refractivity contribution in [2.24, 2.45) is 0 Å². The minimum absolute atomic E-state index is 0.0658. The van der Waals surface area contributed by atoms with Crippen molar-refractivity contribution >= 4 is 10.0 Å². The fourth-order valence-corrected chi connectivity index (χ4v) is 2.51. The van der Waals surface area contributed by atoms with Gasteiger partial charge in [0.25, 0.3) is 0 Å². The topological polar surface area (TPSA) is 49.4 Å². The van der Waals surface area contributed by atoms with Gasteiger partial charge in [0.05, 0.1) is 5.75 Å². The first-order valence-corrected chi connectivity index (χ1v) is 7.80. The number of sulfonamides is 1. The van der Waals surface area contributed by atoms with E-state index < -0.39 is 10.0 Å². The molecule has 0 bridgehead atoms. The first-order chi connectivity index (χ1) is 8.47. The van der Waals surface area contributed by atoms with Crippen LogP contribution in [0.5, 0.6) is 0 Å². The lowest BCUT2D eigenvalue weighted by atomic mass is 10.1. The maximum atomic E-state index is 11.7. The summed E-state index contributed by atoms with van der Waals surface area (Å²) in [4.78, 5) is 0. The first kappa shape index (κ1) is 13.5. The van der Waals surface area contributed by atoms with Crippen LogP contribution in [0.25, 0.3) is 0 Å². The van der Waals surface area contributed by atoms with Crippen molar-refractivity contribution in [2.45, 2.75) is 31.2 Å². The van der Waals surface area contributed by atoms with Gasteiger partial charge in [0.15, 0.2) is 0 Å². The molecule has 0 aromatic heterocycles. The van der Waals surface area contributed by atoms with Crippen LogP contribution in [0.2, 0.25) is 0 Å². The lowest BCUT2D eigenvalue weighted by Gasteiger charge is -2.11. The predicted octanol–water partition coefficient (Wildman–Crippen LogP) is 1.33. The molecule has 5 heteroatoms. The van der Waals surface area contributed by atoms with Gasteiger partial charge in [0, 0.05) is 26.7 Å². The van der Waals surface area contributed by atoms with E-state index in [4.69, 9.17) is 0 Å². The van der Waals surface area contributed by atoms with E-state index in [0.717, 1.165) is 12.1 Å². The van der Waals surface area contributed by atoms with Gasteiger partial charge in [-0.25, -0.2) is 12.7 Å². The highest BCUT2D eigenvalue weighted by Gasteiger charge is 2.20. The molecule has 1 aliphatic carbocycles. The smallest absolute Gasteiger partial charge is 0.217 e. The van der Waals surface area contributed by atoms with Gasteiger partial charge in [-0.2, -0.15) is 0 Å². The van der Waals surface area contributed by atoms with E-state index >= 15 is 0 Å². The molecule has 0 unspecified atom stereocenters. The summed E-state index contributed by atoms with van der Waals surface area (Å²) in [7, 11) is -0.0445. The van der Waals surface area contributed by atoms with Crippen molar-refractivity contribution in [3.05, 3.63) is 35.4 Å². The van der Waals surface area contributed by atoms with E-state index in [1.165, 1.54) is 22.7 Å². The lowest BCUT2D eigenvalue weighted by Crippen LogP contribution is -2.23. The van der Waals surface area contributed by atoms with E-state index in [0.29, 0.717) is 6.04 Å². The summed E-state index contributed by atoms with van der Waals surface area (Å²) in [6, 6.07) is 8.47. The number of rotatable bonds is 6. The molecule has 1 saturated carbocycles. The van der Waals surface area contributed by atoms with Crippen LogP contribution < -0.4 is 5.32 Å². The second-order valence-corrected chi connectivity index (χ2v) is 7.19. The van der Waals surface area contributed by atoms with E-state index in [1.54, 1.807) is 14.1 Å². The molecule has 0 saturated heterocycles. The molecule has 1 fully saturated rings. The Morgan fingerprint density at radius 3 is 2.22 bits per heavy atom. The molecule has 0 aliphatic heterocycles. The van der Waals surface area contributed by atoms with Gasteiger partial charge in [-0.15, -0.1) is 0 Å². The Hall–Kier alpha value is -0.910. The molecule has 0 radical (unpaired) electrons. The lowest BCUT2D eigenvalue weighted by molar-refractivity contribution is 0.519. The summed E-state index contributed by atoms with van der Waals surface area (Å²) in [5.74, 6) is 0.0658. The van der Waals surface area contributed by atoms with Crippen LogP contribution in [0.1, 0.15) is 24.0 Å². The normalized spacial score (nSPS) is 16.2. The van der Waals surface area contributed by atoms with Gasteiger partial charge < -0.3 is 5.32 Å². The maximum Gasteiger partial charge on any atom is 0.217 e. The third-order valence-electron chi connectivity index (χ3n) is 3.10. The van der Waals surface area contributed by atoms with Crippen molar-refractivity contribution in [3.8, 4) is 0 Å². The van der Waals surface area contributed by atoms with Crippen LogP contribution in [0.4, 0.5) is 0 Å². The zero-order valence-electron chi connectivity index (χ0n) is 10.9. The number of hydrogen-bond acceptors (Lipinski definition) is 3. The Kier molecular flexibility index (Phi) is 4.04. The molecule has 0 heterocycles. The average Bonchev–Trinajstić information content (AvgIpc) is 3.11. The second kappa shape index (κ2) is 5.38. The molecule has 0 atom stereocenters. The fourth-order valence-electron chi connectivity index (χ4n) is 1.64. The van der Waals surface area contributed by atoms with Gasteiger partial charge in [-0.3, -0.25) is 0 Å². The zero-order chi connectivity index (χ0) is 13.2. The van der Waals surface area contributed by atoms with Crippen LogP contribution in [-0.2, 0) is 22.3 Å². The van der Waals surface area contributed by atoms with E-state index in [-0.39, 0.29) is 5.75 Å². The third kappa shape index (κ3) is 3.80. The third-order valence-corrected chi connectivity index (χ3v) is 4.91. The Bertz CT molecular complexity index is 490. The van der Waals surface area contributed by atoms with Crippen LogP contribution in [0, 0.1) is 0 Å². The Morgan fingerprint density at radius 2 is 1.72 bits per heavy atom. The zero-order valence-corrected chi connectivity index (χ0v) is 11.7. The van der Waals surface area contributed by atoms with Gasteiger partial charge >= 0.3 is 0 Å². The quantitative estimate of drug-likeness (QED) is 0.847. The van der Waals surface area contributed by atoms with Crippen LogP contribution >= 0.6 is 0 Å². The first-order valence-electron chi connectivity index (χ1n) is 6.19. The molecule has 0 amide bonds. The minimum atomic E-state index is -3.16. The summed E-state index contributed by atoms with van der Waals surface area (Å²) in [6.45, 7) is 0.866. The molecule has 4 nitrogen and oxygen atoms in total. The van der Waals surface area contributed by atoms with Crippen molar-refractivity contribution in [3.63, 3.8) is 0 Å². The standard InChI is InChI=1S/C13H20N2O2S/c1-15(2)18(16,17)10-12-5-3-11(4-6-12)9-14-13-7-8-13/h3-6,13-14H,7-10H2,1-2H3. The summed E-state index contributed by atoms with van der Waals surface area (Å²) in [5.41, 5.74) is 2.03. The molecular weight excluding hydrogens is 248 g/mol. The van der Waals surface area contributed by atoms with E-state index in [1.807, 2.05) is 24.3 Å². The maximum absolute atomic E-state index is 11.7. The van der Waals surface area contributed by atoms with Crippen molar-refractivity contribution < 1.29 is 8.42 Å². The second-order valence-electron chi connectivity index (χ2n) is 5.01.